The van der Waals surface area contributed by atoms with Gasteiger partial charge in [-0.05, 0) is 69.2 Å². The van der Waals surface area contributed by atoms with E-state index in [1.165, 1.54) is 29.4 Å². The smallest absolute Gasteiger partial charge is 0.338 e. The molecule has 1 unspecified atom stereocenters. The molecule has 1 fully saturated rings. The fraction of sp³-hybridized carbons (Fsp3) is 0.391. The first-order valence-electron chi connectivity index (χ1n) is 10.8. The standard InChI is InChI=1S/C23H27ClN2O6S/c1-3-31-19-10-8-18(9-11-19)25-22(27)16(2)32-23(28)17-7-12-20(24)21(15-17)33(29,30)26-13-5-4-6-14-26/h7-12,15-16H,3-6,13-14H2,1-2H3,(H,25,27). The van der Waals surface area contributed by atoms with Crippen LogP contribution in [0.15, 0.2) is 47.4 Å². The summed E-state index contributed by atoms with van der Waals surface area (Å²) in [6, 6.07) is 10.7. The lowest BCUT2D eigenvalue weighted by Gasteiger charge is -2.26. The third kappa shape index (κ3) is 6.25. The van der Waals surface area contributed by atoms with Crippen molar-refractivity contribution in [3.63, 3.8) is 0 Å². The number of nitrogens with one attached hydrogen (secondary N) is 1. The van der Waals surface area contributed by atoms with E-state index in [-0.39, 0.29) is 15.5 Å². The van der Waals surface area contributed by atoms with Crippen LogP contribution in [0.4, 0.5) is 5.69 Å². The second-order valence-corrected chi connectivity index (χ2v) is 9.92. The van der Waals surface area contributed by atoms with Gasteiger partial charge in [-0.3, -0.25) is 4.79 Å². The average Bonchev–Trinajstić information content (AvgIpc) is 2.81. The predicted molar refractivity (Wildman–Crippen MR) is 125 cm³/mol. The van der Waals surface area contributed by atoms with Gasteiger partial charge in [0.05, 0.1) is 17.2 Å². The lowest BCUT2D eigenvalue weighted by molar-refractivity contribution is -0.123. The summed E-state index contributed by atoms with van der Waals surface area (Å²) in [6.07, 6.45) is 1.42. The van der Waals surface area contributed by atoms with Gasteiger partial charge in [-0.1, -0.05) is 18.0 Å². The van der Waals surface area contributed by atoms with E-state index < -0.39 is 28.0 Å². The minimum absolute atomic E-state index is 0.00398. The van der Waals surface area contributed by atoms with Crippen LogP contribution in [0.25, 0.3) is 0 Å². The van der Waals surface area contributed by atoms with E-state index in [2.05, 4.69) is 5.32 Å². The number of carbonyl (C=O) groups is 2. The highest BCUT2D eigenvalue weighted by Crippen LogP contribution is 2.28. The Morgan fingerprint density at radius 1 is 1.09 bits per heavy atom. The van der Waals surface area contributed by atoms with E-state index >= 15 is 0 Å². The summed E-state index contributed by atoms with van der Waals surface area (Å²) in [7, 11) is -3.84. The van der Waals surface area contributed by atoms with Gasteiger partial charge < -0.3 is 14.8 Å². The molecule has 0 saturated carbocycles. The third-order valence-electron chi connectivity index (χ3n) is 5.19. The Morgan fingerprint density at radius 2 is 1.76 bits per heavy atom. The Balaban J connectivity index is 1.68. The third-order valence-corrected chi connectivity index (χ3v) is 7.57. The second kappa shape index (κ2) is 11.0. The number of hydrogen-bond donors (Lipinski definition) is 1. The molecule has 0 bridgehead atoms. The molecule has 1 heterocycles. The van der Waals surface area contributed by atoms with E-state index in [1.807, 2.05) is 6.92 Å². The molecule has 1 amide bonds. The van der Waals surface area contributed by atoms with Gasteiger partial charge in [-0.2, -0.15) is 4.31 Å². The fourth-order valence-electron chi connectivity index (χ4n) is 3.40. The summed E-state index contributed by atoms with van der Waals surface area (Å²) in [4.78, 5) is 24.9. The highest BCUT2D eigenvalue weighted by molar-refractivity contribution is 7.89. The number of piperidine rings is 1. The second-order valence-electron chi connectivity index (χ2n) is 7.60. The molecular weight excluding hydrogens is 468 g/mol. The number of benzene rings is 2. The number of amides is 1. The van der Waals surface area contributed by atoms with Crippen molar-refractivity contribution in [2.45, 2.75) is 44.1 Å². The van der Waals surface area contributed by atoms with Crippen molar-refractivity contribution in [3.05, 3.63) is 53.1 Å². The van der Waals surface area contributed by atoms with Crippen LogP contribution in [-0.2, 0) is 19.6 Å². The van der Waals surface area contributed by atoms with Crippen LogP contribution in [0, 0.1) is 0 Å². The van der Waals surface area contributed by atoms with E-state index in [9.17, 15) is 18.0 Å². The number of esters is 1. The molecule has 3 rings (SSSR count). The highest BCUT2D eigenvalue weighted by atomic mass is 35.5. The van der Waals surface area contributed by atoms with E-state index in [0.717, 1.165) is 19.3 Å². The van der Waals surface area contributed by atoms with E-state index in [0.29, 0.717) is 31.1 Å². The number of rotatable bonds is 8. The lowest BCUT2D eigenvalue weighted by Crippen LogP contribution is -2.36. The summed E-state index contributed by atoms with van der Waals surface area (Å²) in [6.45, 7) is 4.66. The topological polar surface area (TPSA) is 102 Å². The molecule has 0 radical (unpaired) electrons. The summed E-state index contributed by atoms with van der Waals surface area (Å²) in [5.74, 6) is -0.674. The maximum absolute atomic E-state index is 13.0. The molecule has 1 aliphatic rings. The molecule has 0 aromatic heterocycles. The van der Waals surface area contributed by atoms with Crippen molar-refractivity contribution in [1.82, 2.24) is 4.31 Å². The zero-order valence-corrected chi connectivity index (χ0v) is 20.1. The van der Waals surface area contributed by atoms with Gasteiger partial charge in [0.2, 0.25) is 10.0 Å². The summed E-state index contributed by atoms with van der Waals surface area (Å²) in [5.41, 5.74) is 0.517. The van der Waals surface area contributed by atoms with Crippen molar-refractivity contribution < 1.29 is 27.5 Å². The number of anilines is 1. The monoisotopic (exact) mass is 494 g/mol. The van der Waals surface area contributed by atoms with Gasteiger partial charge in [0, 0.05) is 18.8 Å². The Kier molecular flexibility index (Phi) is 8.34. The lowest BCUT2D eigenvalue weighted by atomic mass is 10.2. The molecule has 0 aliphatic carbocycles. The zero-order chi connectivity index (χ0) is 24.0. The molecule has 1 atom stereocenters. The molecule has 1 N–H and O–H groups in total. The molecule has 2 aromatic carbocycles. The number of hydrogen-bond acceptors (Lipinski definition) is 6. The number of nitrogens with zero attached hydrogens (tertiary/aromatic N) is 1. The minimum Gasteiger partial charge on any atom is -0.494 e. The van der Waals surface area contributed by atoms with Crippen molar-refractivity contribution in [2.75, 3.05) is 25.0 Å². The van der Waals surface area contributed by atoms with Crippen LogP contribution < -0.4 is 10.1 Å². The molecule has 10 heteroatoms. The van der Waals surface area contributed by atoms with Crippen LogP contribution >= 0.6 is 11.6 Å². The maximum Gasteiger partial charge on any atom is 0.338 e. The zero-order valence-electron chi connectivity index (χ0n) is 18.5. The molecule has 8 nitrogen and oxygen atoms in total. The first kappa shape index (κ1) is 25.0. The van der Waals surface area contributed by atoms with Crippen LogP contribution in [0.2, 0.25) is 5.02 Å². The van der Waals surface area contributed by atoms with Crippen LogP contribution in [-0.4, -0.2) is 50.4 Å². The molecule has 1 aliphatic heterocycles. The molecule has 33 heavy (non-hydrogen) atoms. The summed E-state index contributed by atoms with van der Waals surface area (Å²) in [5, 5.41) is 2.69. The van der Waals surface area contributed by atoms with Gasteiger partial charge in [0.15, 0.2) is 6.10 Å². The van der Waals surface area contributed by atoms with Crippen molar-refractivity contribution in [1.29, 1.82) is 0 Å². The largest absolute Gasteiger partial charge is 0.494 e. The Morgan fingerprint density at radius 3 is 2.39 bits per heavy atom. The van der Waals surface area contributed by atoms with Crippen molar-refractivity contribution in [3.8, 4) is 5.75 Å². The average molecular weight is 495 g/mol. The molecule has 1 saturated heterocycles. The molecule has 0 spiro atoms. The van der Waals surface area contributed by atoms with Gasteiger partial charge >= 0.3 is 5.97 Å². The summed E-state index contributed by atoms with van der Waals surface area (Å²) < 4.78 is 38.0. The number of carbonyl (C=O) groups excluding carboxylic acids is 2. The normalized spacial score (nSPS) is 15.5. The SMILES string of the molecule is CCOc1ccc(NC(=O)C(C)OC(=O)c2ccc(Cl)c(S(=O)(=O)N3CCCCC3)c2)cc1. The van der Waals surface area contributed by atoms with Crippen LogP contribution in [0.1, 0.15) is 43.5 Å². The van der Waals surface area contributed by atoms with Gasteiger partial charge in [0.1, 0.15) is 10.6 Å². The minimum atomic E-state index is -3.84. The first-order chi connectivity index (χ1) is 15.7. The fourth-order valence-corrected chi connectivity index (χ4v) is 5.42. The number of ether oxygens (including phenoxy) is 2. The van der Waals surface area contributed by atoms with Gasteiger partial charge in [-0.15, -0.1) is 0 Å². The van der Waals surface area contributed by atoms with Crippen molar-refractivity contribution >= 4 is 39.2 Å². The molecule has 2 aromatic rings. The van der Waals surface area contributed by atoms with Gasteiger partial charge in [-0.25, -0.2) is 13.2 Å². The van der Waals surface area contributed by atoms with Crippen LogP contribution in [0.3, 0.4) is 0 Å². The van der Waals surface area contributed by atoms with E-state index in [4.69, 9.17) is 21.1 Å². The van der Waals surface area contributed by atoms with Gasteiger partial charge in [0.25, 0.3) is 5.91 Å². The molecule has 178 valence electrons. The Hall–Kier alpha value is -2.62. The van der Waals surface area contributed by atoms with Crippen molar-refractivity contribution in [2.24, 2.45) is 0 Å². The predicted octanol–water partition coefficient (Wildman–Crippen LogP) is 4.10. The van der Waals surface area contributed by atoms with Crippen LogP contribution in [0.5, 0.6) is 5.75 Å². The van der Waals surface area contributed by atoms with E-state index in [1.54, 1.807) is 24.3 Å². The Labute approximate surface area is 198 Å². The Bertz CT molecular complexity index is 1100. The summed E-state index contributed by atoms with van der Waals surface area (Å²) >= 11 is 6.15. The maximum atomic E-state index is 13.0. The number of sulfonamides is 1. The first-order valence-corrected chi connectivity index (χ1v) is 12.6. The quantitative estimate of drug-likeness (QED) is 0.554. The number of halogens is 1. The molecular formula is C23H27ClN2O6S. The highest BCUT2D eigenvalue weighted by Gasteiger charge is 2.29.